The lowest BCUT2D eigenvalue weighted by Gasteiger charge is -2.16. The molecule has 0 unspecified atom stereocenters. The van der Waals surface area contributed by atoms with Gasteiger partial charge in [-0.3, -0.25) is 4.79 Å². The fraction of sp³-hybridized carbons (Fsp3) is 0.176. The molecule has 0 saturated heterocycles. The lowest BCUT2D eigenvalue weighted by molar-refractivity contribution is -0.113. The van der Waals surface area contributed by atoms with Crippen molar-refractivity contribution >= 4 is 40.5 Å². The molecule has 0 aliphatic rings. The molecule has 0 bridgehead atoms. The van der Waals surface area contributed by atoms with E-state index in [0.29, 0.717) is 16.4 Å². The Bertz CT molecular complexity index is 715. The molecule has 0 radical (unpaired) electrons. The molecule has 120 valence electrons. The molecular weight excluding hydrogens is 333 g/mol. The van der Waals surface area contributed by atoms with Crippen molar-refractivity contribution < 1.29 is 4.79 Å². The van der Waals surface area contributed by atoms with Crippen LogP contribution in [0.5, 0.6) is 0 Å². The molecule has 0 spiro atoms. The molecule has 4 nitrogen and oxygen atoms in total. The Balaban J connectivity index is 2.58. The lowest BCUT2D eigenvalue weighted by Crippen LogP contribution is -2.18. The number of anilines is 1. The zero-order valence-electron chi connectivity index (χ0n) is 12.9. The van der Waals surface area contributed by atoms with E-state index in [4.69, 9.17) is 23.2 Å². The zero-order chi connectivity index (χ0) is 16.8. The van der Waals surface area contributed by atoms with Crippen LogP contribution in [0.15, 0.2) is 53.6 Å². The second-order valence-electron chi connectivity index (χ2n) is 5.03. The number of hydrogen-bond donors (Lipinski definition) is 1. The average Bonchev–Trinajstić information content (AvgIpc) is 2.55. The Morgan fingerprint density at radius 2 is 1.87 bits per heavy atom. The summed E-state index contributed by atoms with van der Waals surface area (Å²) >= 11 is 11.7. The Morgan fingerprint density at radius 1 is 1.17 bits per heavy atom. The second-order valence-corrected chi connectivity index (χ2v) is 5.74. The van der Waals surface area contributed by atoms with Crippen LogP contribution in [-0.4, -0.2) is 36.6 Å². The SMILES string of the molecule is CN(C)/N=C(/c1ccccc1)c1cc(Cl)ccc1NC(=O)CCl. The van der Waals surface area contributed by atoms with Crippen LogP contribution in [0.3, 0.4) is 0 Å². The highest BCUT2D eigenvalue weighted by atomic mass is 35.5. The summed E-state index contributed by atoms with van der Waals surface area (Å²) in [6.45, 7) is 0. The van der Waals surface area contributed by atoms with Gasteiger partial charge in [0.05, 0.1) is 11.4 Å². The molecule has 2 aromatic rings. The molecule has 0 atom stereocenters. The number of halogens is 2. The van der Waals surface area contributed by atoms with Crippen molar-refractivity contribution in [3.63, 3.8) is 0 Å². The summed E-state index contributed by atoms with van der Waals surface area (Å²) in [5, 5.41) is 9.61. The van der Waals surface area contributed by atoms with E-state index in [1.165, 1.54) is 0 Å². The van der Waals surface area contributed by atoms with Crippen LogP contribution in [0.4, 0.5) is 5.69 Å². The van der Waals surface area contributed by atoms with E-state index in [1.54, 1.807) is 23.2 Å². The van der Waals surface area contributed by atoms with E-state index in [0.717, 1.165) is 11.1 Å². The molecule has 0 aliphatic carbocycles. The first-order valence-electron chi connectivity index (χ1n) is 6.98. The molecule has 0 aromatic heterocycles. The number of hydrogen-bond acceptors (Lipinski definition) is 3. The largest absolute Gasteiger partial charge is 0.324 e. The minimum Gasteiger partial charge on any atom is -0.324 e. The Labute approximate surface area is 145 Å². The molecular formula is C17H17Cl2N3O. The van der Waals surface area contributed by atoms with Crippen molar-refractivity contribution in [2.75, 3.05) is 25.3 Å². The molecule has 1 N–H and O–H groups in total. The van der Waals surface area contributed by atoms with E-state index >= 15 is 0 Å². The third-order valence-corrected chi connectivity index (χ3v) is 3.46. The number of nitrogens with zero attached hydrogens (tertiary/aromatic N) is 2. The maximum absolute atomic E-state index is 11.7. The summed E-state index contributed by atoms with van der Waals surface area (Å²) in [4.78, 5) is 11.7. The Hall–Kier alpha value is -2.04. The smallest absolute Gasteiger partial charge is 0.239 e. The summed E-state index contributed by atoms with van der Waals surface area (Å²) in [6.07, 6.45) is 0. The van der Waals surface area contributed by atoms with Crippen LogP contribution < -0.4 is 5.32 Å². The normalized spacial score (nSPS) is 11.2. The maximum atomic E-state index is 11.7. The van der Waals surface area contributed by atoms with Crippen LogP contribution in [0.2, 0.25) is 5.02 Å². The van der Waals surface area contributed by atoms with Gasteiger partial charge in [-0.2, -0.15) is 5.10 Å². The highest BCUT2D eigenvalue weighted by Gasteiger charge is 2.15. The fourth-order valence-corrected chi connectivity index (χ4v) is 2.31. The molecule has 6 heteroatoms. The molecule has 2 aromatic carbocycles. The van der Waals surface area contributed by atoms with E-state index in [-0.39, 0.29) is 11.8 Å². The predicted molar refractivity (Wildman–Crippen MR) is 96.6 cm³/mol. The monoisotopic (exact) mass is 349 g/mol. The molecule has 0 aliphatic heterocycles. The summed E-state index contributed by atoms with van der Waals surface area (Å²) in [5.41, 5.74) is 2.98. The number of carbonyl (C=O) groups is 1. The van der Waals surface area contributed by atoms with Gasteiger partial charge in [-0.15, -0.1) is 11.6 Å². The van der Waals surface area contributed by atoms with Gasteiger partial charge in [-0.1, -0.05) is 41.9 Å². The van der Waals surface area contributed by atoms with Gasteiger partial charge in [-0.25, -0.2) is 0 Å². The van der Waals surface area contributed by atoms with Crippen LogP contribution in [-0.2, 0) is 4.79 Å². The first-order valence-corrected chi connectivity index (χ1v) is 7.89. The number of carbonyl (C=O) groups excluding carboxylic acids is 1. The molecule has 0 fully saturated rings. The number of benzene rings is 2. The molecule has 0 saturated carbocycles. The molecule has 1 amide bonds. The average molecular weight is 350 g/mol. The van der Waals surface area contributed by atoms with Gasteiger partial charge < -0.3 is 10.3 Å². The van der Waals surface area contributed by atoms with Gasteiger partial charge in [0.15, 0.2) is 0 Å². The fourth-order valence-electron chi connectivity index (χ4n) is 2.07. The topological polar surface area (TPSA) is 44.7 Å². The second kappa shape index (κ2) is 7.99. The lowest BCUT2D eigenvalue weighted by atomic mass is 10.0. The van der Waals surface area contributed by atoms with Crippen LogP contribution in [0, 0.1) is 0 Å². The van der Waals surface area contributed by atoms with Gasteiger partial charge in [0.1, 0.15) is 5.88 Å². The first kappa shape index (κ1) is 17.3. The standard InChI is InChI=1S/C17H17Cl2N3O/c1-22(2)21-17(12-6-4-3-5-7-12)14-10-13(19)8-9-15(14)20-16(23)11-18/h3-10H,11H2,1-2H3,(H,20,23)/b21-17-. The molecule has 2 rings (SSSR count). The minimum atomic E-state index is -0.285. The van der Waals surface area contributed by atoms with Crippen molar-refractivity contribution in [2.24, 2.45) is 5.10 Å². The summed E-state index contributed by atoms with van der Waals surface area (Å²) in [5.74, 6) is -0.402. The van der Waals surface area contributed by atoms with E-state index in [2.05, 4.69) is 10.4 Å². The van der Waals surface area contributed by atoms with Gasteiger partial charge in [0.25, 0.3) is 0 Å². The van der Waals surface area contributed by atoms with Gasteiger partial charge in [-0.05, 0) is 18.2 Å². The van der Waals surface area contributed by atoms with Crippen molar-refractivity contribution in [1.29, 1.82) is 0 Å². The summed E-state index contributed by atoms with van der Waals surface area (Å²) in [7, 11) is 3.68. The van der Waals surface area contributed by atoms with Crippen LogP contribution in [0.1, 0.15) is 11.1 Å². The number of alkyl halides is 1. The first-order chi connectivity index (χ1) is 11.0. The highest BCUT2D eigenvalue weighted by Crippen LogP contribution is 2.24. The highest BCUT2D eigenvalue weighted by molar-refractivity contribution is 6.32. The number of amides is 1. The predicted octanol–water partition coefficient (Wildman–Crippen LogP) is 3.83. The maximum Gasteiger partial charge on any atom is 0.239 e. The zero-order valence-corrected chi connectivity index (χ0v) is 14.4. The van der Waals surface area contributed by atoms with Gasteiger partial charge in [0, 0.05) is 30.2 Å². The number of nitrogens with one attached hydrogen (secondary N) is 1. The van der Waals surface area contributed by atoms with Crippen molar-refractivity contribution in [2.45, 2.75) is 0 Å². The van der Waals surface area contributed by atoms with E-state index in [9.17, 15) is 4.79 Å². The van der Waals surface area contributed by atoms with Gasteiger partial charge in [0.2, 0.25) is 5.91 Å². The van der Waals surface area contributed by atoms with E-state index < -0.39 is 0 Å². The third-order valence-electron chi connectivity index (χ3n) is 2.98. The van der Waals surface area contributed by atoms with Crippen molar-refractivity contribution in [3.8, 4) is 0 Å². The number of rotatable bonds is 5. The molecule has 23 heavy (non-hydrogen) atoms. The third kappa shape index (κ3) is 4.71. The van der Waals surface area contributed by atoms with Crippen molar-refractivity contribution in [1.82, 2.24) is 5.01 Å². The summed E-state index contributed by atoms with van der Waals surface area (Å²) in [6, 6.07) is 15.0. The minimum absolute atomic E-state index is 0.117. The Kier molecular flexibility index (Phi) is 6.02. The quantitative estimate of drug-likeness (QED) is 0.506. The Morgan fingerprint density at radius 3 is 2.48 bits per heavy atom. The number of hydrazone groups is 1. The van der Waals surface area contributed by atoms with Crippen LogP contribution in [0.25, 0.3) is 0 Å². The van der Waals surface area contributed by atoms with Crippen LogP contribution >= 0.6 is 23.2 Å². The summed E-state index contributed by atoms with van der Waals surface area (Å²) < 4.78 is 0. The van der Waals surface area contributed by atoms with Gasteiger partial charge >= 0.3 is 0 Å². The van der Waals surface area contributed by atoms with E-state index in [1.807, 2.05) is 44.4 Å². The van der Waals surface area contributed by atoms with Crippen molar-refractivity contribution in [3.05, 3.63) is 64.7 Å². The molecule has 0 heterocycles.